The van der Waals surface area contributed by atoms with E-state index in [1.54, 1.807) is 31.2 Å². The summed E-state index contributed by atoms with van der Waals surface area (Å²) >= 11 is 6.92. The smallest absolute Gasteiger partial charge is 0.311 e. The molecule has 126 valence electrons. The second-order valence-electron chi connectivity index (χ2n) is 4.93. The molecule has 2 rings (SSSR count). The molecule has 1 atom stereocenters. The molecular formula is C16H15ClN2O4S. The average molecular weight is 367 g/mol. The molecule has 6 nitrogen and oxygen atoms in total. The molecule has 0 unspecified atom stereocenters. The molecule has 0 aliphatic carbocycles. The summed E-state index contributed by atoms with van der Waals surface area (Å²) < 4.78 is 4.56. The molecule has 0 saturated carbocycles. The third kappa shape index (κ3) is 4.94. The number of carbonyl (C=O) groups is 2. The van der Waals surface area contributed by atoms with Crippen molar-refractivity contribution in [2.24, 2.45) is 0 Å². The van der Waals surface area contributed by atoms with Crippen LogP contribution in [0.15, 0.2) is 40.3 Å². The fourth-order valence-electron chi connectivity index (χ4n) is 1.92. The minimum atomic E-state index is -0.491. The third-order valence-corrected chi connectivity index (χ3v) is 4.35. The van der Waals surface area contributed by atoms with Crippen molar-refractivity contribution in [3.05, 3.63) is 57.0 Å². The number of aromatic amines is 1. The lowest BCUT2D eigenvalue weighted by molar-refractivity contribution is -0.139. The number of hydrogen-bond donors (Lipinski definition) is 1. The van der Waals surface area contributed by atoms with E-state index in [9.17, 15) is 14.4 Å². The summed E-state index contributed by atoms with van der Waals surface area (Å²) in [4.78, 5) is 42.1. The van der Waals surface area contributed by atoms with E-state index in [0.717, 1.165) is 11.8 Å². The van der Waals surface area contributed by atoms with Gasteiger partial charge in [0.1, 0.15) is 0 Å². The summed E-state index contributed by atoms with van der Waals surface area (Å²) in [5.74, 6) is -0.605. The van der Waals surface area contributed by atoms with Crippen LogP contribution in [0.1, 0.15) is 23.0 Å². The summed E-state index contributed by atoms with van der Waals surface area (Å²) in [6, 6.07) is 7.80. The minimum Gasteiger partial charge on any atom is -0.469 e. The van der Waals surface area contributed by atoms with Crippen LogP contribution >= 0.6 is 23.4 Å². The highest BCUT2D eigenvalue weighted by molar-refractivity contribution is 8.00. The van der Waals surface area contributed by atoms with E-state index in [0.29, 0.717) is 16.3 Å². The molecule has 0 aliphatic rings. The minimum absolute atomic E-state index is 0.104. The van der Waals surface area contributed by atoms with Crippen molar-refractivity contribution in [2.75, 3.05) is 7.11 Å². The number of Topliss-reactive ketones (excluding diaryl/α,β-unsaturated/α-hetero) is 1. The second-order valence-corrected chi connectivity index (χ2v) is 6.69. The van der Waals surface area contributed by atoms with Gasteiger partial charge in [0.25, 0.3) is 5.56 Å². The van der Waals surface area contributed by atoms with Crippen LogP contribution in [0.5, 0.6) is 0 Å². The van der Waals surface area contributed by atoms with Crippen molar-refractivity contribution < 1.29 is 14.3 Å². The Hall–Kier alpha value is -2.12. The van der Waals surface area contributed by atoms with Crippen molar-refractivity contribution in [1.29, 1.82) is 0 Å². The summed E-state index contributed by atoms with van der Waals surface area (Å²) in [5.41, 5.74) is 0.421. The van der Waals surface area contributed by atoms with E-state index in [-0.39, 0.29) is 17.4 Å². The maximum Gasteiger partial charge on any atom is 0.311 e. The molecule has 2 aromatic rings. The van der Waals surface area contributed by atoms with Crippen molar-refractivity contribution in [3.8, 4) is 0 Å². The number of benzene rings is 1. The summed E-state index contributed by atoms with van der Waals surface area (Å²) in [5, 5.41) is 0.354. The van der Waals surface area contributed by atoms with Gasteiger partial charge in [-0.3, -0.25) is 14.4 Å². The number of halogens is 1. The summed E-state index contributed by atoms with van der Waals surface area (Å²) in [7, 11) is 1.26. The number of aromatic nitrogens is 2. The van der Waals surface area contributed by atoms with Gasteiger partial charge in [0, 0.05) is 16.7 Å². The number of rotatable bonds is 6. The highest BCUT2D eigenvalue weighted by atomic mass is 35.5. The van der Waals surface area contributed by atoms with Gasteiger partial charge in [-0.15, -0.1) is 0 Å². The van der Waals surface area contributed by atoms with E-state index in [1.165, 1.54) is 13.2 Å². The molecule has 0 aliphatic heterocycles. The third-order valence-electron chi connectivity index (χ3n) is 3.11. The molecule has 1 aromatic heterocycles. The molecule has 24 heavy (non-hydrogen) atoms. The van der Waals surface area contributed by atoms with Gasteiger partial charge in [-0.1, -0.05) is 23.4 Å². The fourth-order valence-corrected chi connectivity index (χ4v) is 2.95. The molecule has 1 N–H and O–H groups in total. The molecule has 0 saturated heterocycles. The van der Waals surface area contributed by atoms with E-state index in [4.69, 9.17) is 11.6 Å². The SMILES string of the molecule is COC(=O)Cc1cc(=O)[nH]c(S[C@@H](C)C(=O)c2ccc(Cl)cc2)n1. The van der Waals surface area contributed by atoms with E-state index < -0.39 is 16.8 Å². The van der Waals surface area contributed by atoms with Crippen LogP contribution in [-0.4, -0.2) is 34.1 Å². The maximum atomic E-state index is 12.4. The lowest BCUT2D eigenvalue weighted by Crippen LogP contribution is -2.17. The number of ether oxygens (including phenoxy) is 1. The molecule has 0 amide bonds. The quantitative estimate of drug-likeness (QED) is 0.365. The number of esters is 1. The van der Waals surface area contributed by atoms with Crippen LogP contribution in [0, 0.1) is 0 Å². The lowest BCUT2D eigenvalue weighted by atomic mass is 10.1. The van der Waals surface area contributed by atoms with Crippen molar-refractivity contribution >= 4 is 35.1 Å². The Bertz CT molecular complexity index is 804. The first-order chi connectivity index (χ1) is 11.4. The first-order valence-electron chi connectivity index (χ1n) is 7.02. The van der Waals surface area contributed by atoms with Crippen molar-refractivity contribution in [3.63, 3.8) is 0 Å². The van der Waals surface area contributed by atoms with Crippen LogP contribution in [-0.2, 0) is 16.0 Å². The topological polar surface area (TPSA) is 89.1 Å². The van der Waals surface area contributed by atoms with Gasteiger partial charge in [-0.25, -0.2) is 4.98 Å². The Kier molecular flexibility index (Phi) is 6.16. The van der Waals surface area contributed by atoms with E-state index in [2.05, 4.69) is 14.7 Å². The second kappa shape index (κ2) is 8.12. The average Bonchev–Trinajstić information content (AvgIpc) is 2.54. The predicted molar refractivity (Wildman–Crippen MR) is 91.7 cm³/mol. The number of methoxy groups -OCH3 is 1. The number of ketones is 1. The number of nitrogens with one attached hydrogen (secondary N) is 1. The standard InChI is InChI=1S/C16H15ClN2O4S/c1-9(15(22)10-3-5-11(17)6-4-10)24-16-18-12(7-13(20)19-16)8-14(21)23-2/h3-7,9H,8H2,1-2H3,(H,18,19,20)/t9-/m0/s1. The largest absolute Gasteiger partial charge is 0.469 e. The molecule has 0 fully saturated rings. The zero-order valence-electron chi connectivity index (χ0n) is 13.0. The highest BCUT2D eigenvalue weighted by Gasteiger charge is 2.18. The van der Waals surface area contributed by atoms with Gasteiger partial charge < -0.3 is 9.72 Å². The molecule has 0 radical (unpaired) electrons. The Labute approximate surface area is 147 Å². The van der Waals surface area contributed by atoms with Crippen LogP contribution in [0.2, 0.25) is 5.02 Å². The van der Waals surface area contributed by atoms with Gasteiger partial charge in [0.05, 0.1) is 24.5 Å². The summed E-state index contributed by atoms with van der Waals surface area (Å²) in [6.07, 6.45) is -0.104. The maximum absolute atomic E-state index is 12.4. The first kappa shape index (κ1) is 18.2. The zero-order chi connectivity index (χ0) is 17.7. The van der Waals surface area contributed by atoms with Crippen LogP contribution in [0.25, 0.3) is 0 Å². The first-order valence-corrected chi connectivity index (χ1v) is 8.28. The highest BCUT2D eigenvalue weighted by Crippen LogP contribution is 2.22. The number of hydrogen-bond acceptors (Lipinski definition) is 6. The Balaban J connectivity index is 2.14. The van der Waals surface area contributed by atoms with Gasteiger partial charge in [-0.2, -0.15) is 0 Å². The molecule has 1 heterocycles. The number of thioether (sulfide) groups is 1. The van der Waals surface area contributed by atoms with Gasteiger partial charge in [-0.05, 0) is 31.2 Å². The van der Waals surface area contributed by atoms with Gasteiger partial charge in [0.2, 0.25) is 0 Å². The van der Waals surface area contributed by atoms with Gasteiger partial charge >= 0.3 is 5.97 Å². The monoisotopic (exact) mass is 366 g/mol. The van der Waals surface area contributed by atoms with Crippen LogP contribution in [0.4, 0.5) is 0 Å². The number of nitrogens with zero attached hydrogens (tertiary/aromatic N) is 1. The molecule has 8 heteroatoms. The lowest BCUT2D eigenvalue weighted by Gasteiger charge is -2.10. The number of H-pyrrole nitrogens is 1. The summed E-state index contributed by atoms with van der Waals surface area (Å²) in [6.45, 7) is 1.72. The van der Waals surface area contributed by atoms with Crippen LogP contribution in [0.3, 0.4) is 0 Å². The normalized spacial score (nSPS) is 11.8. The fraction of sp³-hybridized carbons (Fsp3) is 0.250. The Morgan fingerprint density at radius 1 is 1.33 bits per heavy atom. The van der Waals surface area contributed by atoms with Crippen molar-refractivity contribution in [1.82, 2.24) is 9.97 Å². The van der Waals surface area contributed by atoms with E-state index >= 15 is 0 Å². The van der Waals surface area contributed by atoms with Crippen molar-refractivity contribution in [2.45, 2.75) is 23.8 Å². The Morgan fingerprint density at radius 3 is 2.62 bits per heavy atom. The Morgan fingerprint density at radius 2 is 2.00 bits per heavy atom. The predicted octanol–water partition coefficient (Wildman–Crippen LogP) is 2.50. The molecule has 0 spiro atoms. The van der Waals surface area contributed by atoms with Crippen LogP contribution < -0.4 is 5.56 Å². The molecular weight excluding hydrogens is 352 g/mol. The van der Waals surface area contributed by atoms with E-state index in [1.807, 2.05) is 0 Å². The number of carbonyl (C=O) groups excluding carboxylic acids is 2. The van der Waals surface area contributed by atoms with Gasteiger partial charge in [0.15, 0.2) is 10.9 Å². The molecule has 1 aromatic carbocycles. The zero-order valence-corrected chi connectivity index (χ0v) is 14.6. The molecule has 0 bridgehead atoms.